The van der Waals surface area contributed by atoms with E-state index in [0.29, 0.717) is 5.88 Å². The predicted molar refractivity (Wildman–Crippen MR) is 88.9 cm³/mol. The van der Waals surface area contributed by atoms with Crippen LogP contribution in [0.3, 0.4) is 0 Å². The lowest BCUT2D eigenvalue weighted by Crippen LogP contribution is -2.49. The lowest BCUT2D eigenvalue weighted by Gasteiger charge is -2.26. The molecule has 0 aliphatic carbocycles. The molecule has 0 saturated heterocycles. The van der Waals surface area contributed by atoms with Crippen LogP contribution < -0.4 is 10.1 Å². The summed E-state index contributed by atoms with van der Waals surface area (Å²) >= 11 is 0. The van der Waals surface area contributed by atoms with Crippen LogP contribution in [0.4, 0.5) is 4.39 Å². The summed E-state index contributed by atoms with van der Waals surface area (Å²) in [4.78, 5) is 28.1. The van der Waals surface area contributed by atoms with Crippen LogP contribution in [0.15, 0.2) is 42.6 Å². The number of carbonyl (C=O) groups is 2. The van der Waals surface area contributed by atoms with Gasteiger partial charge < -0.3 is 15.2 Å². The van der Waals surface area contributed by atoms with E-state index < -0.39 is 23.2 Å². The maximum absolute atomic E-state index is 13.1. The van der Waals surface area contributed by atoms with Crippen molar-refractivity contribution in [1.82, 2.24) is 10.3 Å². The molecular formula is C18H19FN2O4. The number of carboxylic acid groups (broad SMARTS) is 1. The summed E-state index contributed by atoms with van der Waals surface area (Å²) in [5.74, 6) is -2.00. The minimum Gasteiger partial charge on any atom is -0.479 e. The number of hydrogen-bond acceptors (Lipinski definition) is 4. The van der Waals surface area contributed by atoms with Crippen molar-refractivity contribution in [2.24, 2.45) is 0 Å². The summed E-state index contributed by atoms with van der Waals surface area (Å²) in [6, 6.07) is 7.95. The molecule has 2 N–H and O–H groups in total. The van der Waals surface area contributed by atoms with E-state index in [2.05, 4.69) is 10.3 Å². The molecule has 132 valence electrons. The van der Waals surface area contributed by atoms with Crippen LogP contribution in [-0.4, -0.2) is 28.1 Å². The van der Waals surface area contributed by atoms with Gasteiger partial charge in [0.2, 0.25) is 5.88 Å². The van der Waals surface area contributed by atoms with Crippen molar-refractivity contribution >= 4 is 11.9 Å². The number of ether oxygens (including phenoxy) is 1. The third kappa shape index (κ3) is 4.32. The van der Waals surface area contributed by atoms with E-state index in [1.807, 2.05) is 13.8 Å². The van der Waals surface area contributed by atoms with Gasteiger partial charge in [0.05, 0.1) is 11.7 Å². The van der Waals surface area contributed by atoms with Gasteiger partial charge in [0.25, 0.3) is 5.91 Å². The lowest BCUT2D eigenvalue weighted by molar-refractivity contribution is -0.144. The first-order valence-electron chi connectivity index (χ1n) is 7.67. The number of pyridine rings is 1. The Labute approximate surface area is 144 Å². The highest BCUT2D eigenvalue weighted by atomic mass is 19.1. The highest BCUT2D eigenvalue weighted by molar-refractivity contribution is 5.97. The normalized spacial score (nSPS) is 13.2. The highest BCUT2D eigenvalue weighted by Crippen LogP contribution is 2.22. The van der Waals surface area contributed by atoms with E-state index >= 15 is 0 Å². The number of hydrogen-bond donors (Lipinski definition) is 2. The first-order valence-corrected chi connectivity index (χ1v) is 7.67. The summed E-state index contributed by atoms with van der Waals surface area (Å²) in [7, 11) is 0. The summed E-state index contributed by atoms with van der Waals surface area (Å²) in [6.45, 7) is 5.04. The molecule has 0 fully saturated rings. The summed E-state index contributed by atoms with van der Waals surface area (Å²) in [6.07, 6.45) is 1.25. The minimum absolute atomic E-state index is 0.0547. The zero-order valence-corrected chi connectivity index (χ0v) is 14.1. The van der Waals surface area contributed by atoms with Crippen LogP contribution in [0.1, 0.15) is 36.7 Å². The molecule has 0 radical (unpaired) electrons. The van der Waals surface area contributed by atoms with Crippen molar-refractivity contribution in [3.63, 3.8) is 0 Å². The monoisotopic (exact) mass is 346 g/mol. The number of benzene rings is 1. The number of carbonyl (C=O) groups excluding carboxylic acids is 1. The molecule has 0 bridgehead atoms. The van der Waals surface area contributed by atoms with Crippen molar-refractivity contribution in [3.8, 4) is 5.88 Å². The van der Waals surface area contributed by atoms with Gasteiger partial charge in [-0.3, -0.25) is 4.79 Å². The summed E-state index contributed by atoms with van der Waals surface area (Å²) in [5.41, 5.74) is -1.27. The Kier molecular flexibility index (Phi) is 5.36. The molecule has 6 nitrogen and oxygen atoms in total. The maximum atomic E-state index is 13.1. The molecule has 1 heterocycles. The van der Waals surface area contributed by atoms with Crippen LogP contribution in [0.5, 0.6) is 5.88 Å². The van der Waals surface area contributed by atoms with E-state index in [9.17, 15) is 19.1 Å². The van der Waals surface area contributed by atoms with Gasteiger partial charge in [0.15, 0.2) is 5.54 Å². The van der Waals surface area contributed by atoms with E-state index in [0.717, 1.165) is 12.1 Å². The number of nitrogens with zero attached hydrogens (tertiary/aromatic N) is 1. The Balaban J connectivity index is 2.23. The molecule has 0 aliphatic rings. The van der Waals surface area contributed by atoms with Crippen molar-refractivity contribution in [3.05, 3.63) is 59.5 Å². The fourth-order valence-corrected chi connectivity index (χ4v) is 2.16. The minimum atomic E-state index is -1.71. The van der Waals surface area contributed by atoms with Gasteiger partial charge in [-0.2, -0.15) is 0 Å². The van der Waals surface area contributed by atoms with Gasteiger partial charge in [0.1, 0.15) is 5.82 Å². The Morgan fingerprint density at radius 3 is 2.32 bits per heavy atom. The first kappa shape index (κ1) is 18.4. The largest absolute Gasteiger partial charge is 0.479 e. The standard InChI is InChI=1S/C18H19FN2O4/c1-11(2)25-15-9-4-12(10-20-15)16(22)21-18(3,17(23)24)13-5-7-14(19)8-6-13/h4-11H,1-3H3,(H,21,22)(H,23,24). The molecule has 1 aromatic heterocycles. The molecule has 1 aromatic carbocycles. The number of carboxylic acids is 1. The number of amides is 1. The number of rotatable bonds is 6. The number of aliphatic carboxylic acids is 1. The van der Waals surface area contributed by atoms with Gasteiger partial charge in [-0.05, 0) is 44.5 Å². The SMILES string of the molecule is CC(C)Oc1ccc(C(=O)NC(C)(C(=O)O)c2ccc(F)cc2)cn1. The molecule has 1 amide bonds. The van der Waals surface area contributed by atoms with Gasteiger partial charge in [-0.15, -0.1) is 0 Å². The second-order valence-electron chi connectivity index (χ2n) is 5.94. The topological polar surface area (TPSA) is 88.5 Å². The summed E-state index contributed by atoms with van der Waals surface area (Å²) in [5, 5.41) is 12.0. The second kappa shape index (κ2) is 7.29. The number of halogens is 1. The first-order chi connectivity index (χ1) is 11.7. The third-order valence-electron chi connectivity index (χ3n) is 3.57. The maximum Gasteiger partial charge on any atom is 0.333 e. The molecule has 0 aliphatic heterocycles. The lowest BCUT2D eigenvalue weighted by atomic mass is 9.91. The van der Waals surface area contributed by atoms with Crippen LogP contribution >= 0.6 is 0 Å². The van der Waals surface area contributed by atoms with Crippen molar-refractivity contribution in [2.45, 2.75) is 32.4 Å². The Bertz CT molecular complexity index is 760. The molecule has 0 saturated carbocycles. The average Bonchev–Trinajstić information content (AvgIpc) is 2.55. The van der Waals surface area contributed by atoms with Gasteiger partial charge in [-0.25, -0.2) is 14.2 Å². The molecule has 7 heteroatoms. The Morgan fingerprint density at radius 1 is 1.20 bits per heavy atom. The van der Waals surface area contributed by atoms with Crippen LogP contribution in [0.2, 0.25) is 0 Å². The molecule has 0 spiro atoms. The zero-order chi connectivity index (χ0) is 18.6. The molecular weight excluding hydrogens is 327 g/mol. The van der Waals surface area contributed by atoms with E-state index in [4.69, 9.17) is 4.74 Å². The molecule has 2 aromatic rings. The quantitative estimate of drug-likeness (QED) is 0.840. The van der Waals surface area contributed by atoms with Crippen LogP contribution in [0.25, 0.3) is 0 Å². The Morgan fingerprint density at radius 2 is 1.84 bits per heavy atom. The van der Waals surface area contributed by atoms with Crippen molar-refractivity contribution in [2.75, 3.05) is 0 Å². The van der Waals surface area contributed by atoms with E-state index in [-0.39, 0.29) is 17.2 Å². The molecule has 2 rings (SSSR count). The van der Waals surface area contributed by atoms with E-state index in [1.165, 1.54) is 37.4 Å². The zero-order valence-electron chi connectivity index (χ0n) is 14.1. The fraction of sp³-hybridized carbons (Fsp3) is 0.278. The molecule has 1 atom stereocenters. The van der Waals surface area contributed by atoms with Gasteiger partial charge in [-0.1, -0.05) is 12.1 Å². The van der Waals surface area contributed by atoms with Crippen LogP contribution in [0, 0.1) is 5.82 Å². The fourth-order valence-electron chi connectivity index (χ4n) is 2.16. The highest BCUT2D eigenvalue weighted by Gasteiger charge is 2.37. The Hall–Kier alpha value is -2.96. The van der Waals surface area contributed by atoms with Crippen molar-refractivity contribution in [1.29, 1.82) is 0 Å². The average molecular weight is 346 g/mol. The molecule has 25 heavy (non-hydrogen) atoms. The number of aromatic nitrogens is 1. The molecule has 1 unspecified atom stereocenters. The predicted octanol–water partition coefficient (Wildman–Crippen LogP) is 2.74. The second-order valence-corrected chi connectivity index (χ2v) is 5.94. The van der Waals surface area contributed by atoms with E-state index in [1.54, 1.807) is 0 Å². The number of nitrogens with one attached hydrogen (secondary N) is 1. The van der Waals surface area contributed by atoms with Crippen LogP contribution in [-0.2, 0) is 10.3 Å². The summed E-state index contributed by atoms with van der Waals surface area (Å²) < 4.78 is 18.5. The smallest absolute Gasteiger partial charge is 0.333 e. The van der Waals surface area contributed by atoms with Gasteiger partial charge >= 0.3 is 5.97 Å². The van der Waals surface area contributed by atoms with Crippen molar-refractivity contribution < 1.29 is 23.8 Å². The van der Waals surface area contributed by atoms with Gasteiger partial charge in [0, 0.05) is 12.3 Å². The third-order valence-corrected chi connectivity index (χ3v) is 3.57.